The largest absolute Gasteiger partial charge is 0.323 e. The SMILES string of the molecule is CN(C(=O)N1CCc2ccccc2[C@@H]1c1ccc(F)cc1)C1CN2CCC1CC2. The van der Waals surface area contributed by atoms with E-state index in [9.17, 15) is 9.18 Å². The van der Waals surface area contributed by atoms with E-state index in [1.165, 1.54) is 43.6 Å². The summed E-state index contributed by atoms with van der Waals surface area (Å²) in [6.45, 7) is 4.00. The van der Waals surface area contributed by atoms with Gasteiger partial charge in [-0.2, -0.15) is 0 Å². The van der Waals surface area contributed by atoms with Gasteiger partial charge < -0.3 is 14.7 Å². The second-order valence-corrected chi connectivity index (χ2v) is 8.70. The van der Waals surface area contributed by atoms with Gasteiger partial charge in [0.1, 0.15) is 5.82 Å². The topological polar surface area (TPSA) is 26.8 Å². The minimum absolute atomic E-state index is 0.0904. The minimum Gasteiger partial charge on any atom is -0.323 e. The van der Waals surface area contributed by atoms with E-state index in [0.717, 1.165) is 24.1 Å². The van der Waals surface area contributed by atoms with Crippen LogP contribution in [0.3, 0.4) is 0 Å². The molecule has 4 heterocycles. The molecule has 0 N–H and O–H groups in total. The van der Waals surface area contributed by atoms with Gasteiger partial charge in [-0.1, -0.05) is 36.4 Å². The fourth-order valence-corrected chi connectivity index (χ4v) is 5.49. The van der Waals surface area contributed by atoms with Crippen LogP contribution in [0.2, 0.25) is 0 Å². The van der Waals surface area contributed by atoms with E-state index in [-0.39, 0.29) is 23.9 Å². The number of carbonyl (C=O) groups excluding carboxylic acids is 1. The zero-order valence-corrected chi connectivity index (χ0v) is 16.9. The third kappa shape index (κ3) is 3.31. The normalized spacial score (nSPS) is 28.1. The van der Waals surface area contributed by atoms with Crippen LogP contribution in [0.15, 0.2) is 48.5 Å². The van der Waals surface area contributed by atoms with Gasteiger partial charge in [0.2, 0.25) is 0 Å². The molecule has 0 radical (unpaired) electrons. The Morgan fingerprint density at radius 2 is 1.76 bits per heavy atom. The molecular formula is C24H28FN3O. The van der Waals surface area contributed by atoms with Gasteiger partial charge in [0.05, 0.1) is 6.04 Å². The van der Waals surface area contributed by atoms with E-state index < -0.39 is 0 Å². The van der Waals surface area contributed by atoms with Crippen molar-refractivity contribution in [2.45, 2.75) is 31.3 Å². The second kappa shape index (κ2) is 7.45. The molecule has 5 heteroatoms. The van der Waals surface area contributed by atoms with Crippen molar-refractivity contribution in [2.24, 2.45) is 5.92 Å². The van der Waals surface area contributed by atoms with Crippen LogP contribution >= 0.6 is 0 Å². The highest BCUT2D eigenvalue weighted by Crippen LogP contribution is 2.37. The summed E-state index contributed by atoms with van der Waals surface area (Å²) in [6.07, 6.45) is 3.23. The summed E-state index contributed by atoms with van der Waals surface area (Å²) in [5, 5.41) is 0. The molecule has 29 heavy (non-hydrogen) atoms. The van der Waals surface area contributed by atoms with Crippen LogP contribution in [-0.4, -0.2) is 60.0 Å². The van der Waals surface area contributed by atoms with Gasteiger partial charge in [0.15, 0.2) is 0 Å². The summed E-state index contributed by atoms with van der Waals surface area (Å²) in [5.41, 5.74) is 3.40. The lowest BCUT2D eigenvalue weighted by atomic mass is 9.83. The number of benzene rings is 2. The van der Waals surface area contributed by atoms with Crippen LogP contribution in [0.25, 0.3) is 0 Å². The molecule has 152 valence electrons. The zero-order chi connectivity index (χ0) is 20.0. The first kappa shape index (κ1) is 18.6. The van der Waals surface area contributed by atoms with E-state index in [1.807, 2.05) is 35.0 Å². The number of amides is 2. The van der Waals surface area contributed by atoms with Gasteiger partial charge in [-0.3, -0.25) is 0 Å². The first-order valence-electron chi connectivity index (χ1n) is 10.7. The molecule has 2 aromatic rings. The Labute approximate surface area is 171 Å². The van der Waals surface area contributed by atoms with E-state index in [0.29, 0.717) is 12.5 Å². The number of carbonyl (C=O) groups is 1. The molecule has 6 rings (SSSR count). The van der Waals surface area contributed by atoms with Crippen molar-refractivity contribution in [2.75, 3.05) is 33.2 Å². The molecule has 4 aliphatic heterocycles. The van der Waals surface area contributed by atoms with Crippen molar-refractivity contribution >= 4 is 6.03 Å². The minimum atomic E-state index is -0.250. The molecule has 0 spiro atoms. The number of fused-ring (bicyclic) bond motifs is 4. The Kier molecular flexibility index (Phi) is 4.78. The van der Waals surface area contributed by atoms with Gasteiger partial charge >= 0.3 is 6.03 Å². The van der Waals surface area contributed by atoms with Crippen LogP contribution in [0.1, 0.15) is 35.6 Å². The first-order valence-corrected chi connectivity index (χ1v) is 10.7. The van der Waals surface area contributed by atoms with Crippen LogP contribution in [0.5, 0.6) is 0 Å². The van der Waals surface area contributed by atoms with Gasteiger partial charge in [0.25, 0.3) is 0 Å². The molecule has 2 amide bonds. The van der Waals surface area contributed by atoms with Crippen LogP contribution in [0.4, 0.5) is 9.18 Å². The lowest BCUT2D eigenvalue weighted by Gasteiger charge is -2.49. The quantitative estimate of drug-likeness (QED) is 0.773. The maximum absolute atomic E-state index is 13.7. The molecule has 2 aromatic carbocycles. The predicted molar refractivity (Wildman–Crippen MR) is 111 cm³/mol. The summed E-state index contributed by atoms with van der Waals surface area (Å²) < 4.78 is 13.6. The van der Waals surface area contributed by atoms with E-state index in [4.69, 9.17) is 0 Å². The Hall–Kier alpha value is -2.40. The molecular weight excluding hydrogens is 365 g/mol. The number of piperidine rings is 3. The molecule has 2 atom stereocenters. The molecule has 1 unspecified atom stereocenters. The Balaban J connectivity index is 1.47. The van der Waals surface area contributed by atoms with Crippen molar-refractivity contribution < 1.29 is 9.18 Å². The van der Waals surface area contributed by atoms with Gasteiger partial charge in [0, 0.05) is 26.2 Å². The average molecular weight is 394 g/mol. The van der Waals surface area contributed by atoms with E-state index >= 15 is 0 Å². The molecule has 0 aliphatic carbocycles. The van der Waals surface area contributed by atoms with Crippen molar-refractivity contribution in [1.82, 2.24) is 14.7 Å². The Bertz CT molecular complexity index is 891. The van der Waals surface area contributed by atoms with Crippen molar-refractivity contribution in [3.05, 3.63) is 71.0 Å². The lowest BCUT2D eigenvalue weighted by Crippen LogP contribution is -2.60. The predicted octanol–water partition coefficient (Wildman–Crippen LogP) is 3.92. The van der Waals surface area contributed by atoms with Crippen molar-refractivity contribution in [1.29, 1.82) is 0 Å². The van der Waals surface area contributed by atoms with Crippen LogP contribution in [0, 0.1) is 11.7 Å². The summed E-state index contributed by atoms with van der Waals surface area (Å²) in [6, 6.07) is 15.2. The molecule has 3 fully saturated rings. The maximum atomic E-state index is 13.7. The smallest absolute Gasteiger partial charge is 0.320 e. The summed E-state index contributed by atoms with van der Waals surface area (Å²) in [7, 11) is 1.97. The molecule has 4 nitrogen and oxygen atoms in total. The number of likely N-dealkylation sites (N-methyl/N-ethyl adjacent to an activating group) is 1. The number of urea groups is 1. The standard InChI is InChI=1S/C24H28FN3O/c1-26(22-16-27-13-10-18(22)11-14-27)24(29)28-15-12-17-4-2-3-5-21(17)23(28)19-6-8-20(25)9-7-19/h2-9,18,22-23H,10-16H2,1H3/t22?,23-/m0/s1. The third-order valence-electron chi connectivity index (χ3n) is 7.14. The number of nitrogens with zero attached hydrogens (tertiary/aromatic N) is 3. The zero-order valence-electron chi connectivity index (χ0n) is 16.9. The highest BCUT2D eigenvalue weighted by molar-refractivity contribution is 5.76. The summed E-state index contributed by atoms with van der Waals surface area (Å²) in [4.78, 5) is 20.2. The van der Waals surface area contributed by atoms with Crippen molar-refractivity contribution in [3.63, 3.8) is 0 Å². The highest BCUT2D eigenvalue weighted by atomic mass is 19.1. The monoisotopic (exact) mass is 393 g/mol. The highest BCUT2D eigenvalue weighted by Gasteiger charge is 2.41. The first-order chi connectivity index (χ1) is 14.1. The second-order valence-electron chi connectivity index (χ2n) is 8.70. The Morgan fingerprint density at radius 1 is 1.03 bits per heavy atom. The van der Waals surface area contributed by atoms with Gasteiger partial charge in [-0.15, -0.1) is 0 Å². The average Bonchev–Trinajstić information content (AvgIpc) is 2.78. The fourth-order valence-electron chi connectivity index (χ4n) is 5.49. The number of rotatable bonds is 2. The summed E-state index contributed by atoms with van der Waals surface area (Å²) >= 11 is 0. The van der Waals surface area contributed by atoms with Crippen LogP contribution < -0.4 is 0 Å². The van der Waals surface area contributed by atoms with E-state index in [1.54, 1.807) is 0 Å². The number of hydrogen-bond donors (Lipinski definition) is 0. The maximum Gasteiger partial charge on any atom is 0.320 e. The Morgan fingerprint density at radius 3 is 2.45 bits per heavy atom. The van der Waals surface area contributed by atoms with Crippen molar-refractivity contribution in [3.8, 4) is 0 Å². The van der Waals surface area contributed by atoms with Gasteiger partial charge in [-0.05, 0) is 67.1 Å². The molecule has 4 aliphatic rings. The fraction of sp³-hybridized carbons (Fsp3) is 0.458. The molecule has 2 bridgehead atoms. The number of hydrogen-bond acceptors (Lipinski definition) is 2. The number of halogens is 1. The third-order valence-corrected chi connectivity index (χ3v) is 7.14. The molecule has 0 aromatic heterocycles. The van der Waals surface area contributed by atoms with Crippen LogP contribution in [-0.2, 0) is 6.42 Å². The lowest BCUT2D eigenvalue weighted by molar-refractivity contribution is 0.0214. The van der Waals surface area contributed by atoms with Gasteiger partial charge in [-0.25, -0.2) is 9.18 Å². The molecule has 3 saturated heterocycles. The molecule has 0 saturated carbocycles. The van der Waals surface area contributed by atoms with E-state index in [2.05, 4.69) is 23.1 Å². The summed E-state index contributed by atoms with van der Waals surface area (Å²) in [5.74, 6) is 0.357.